The summed E-state index contributed by atoms with van der Waals surface area (Å²) in [5, 5.41) is 43.0. The van der Waals surface area contributed by atoms with Gasteiger partial charge in [0, 0.05) is 6.07 Å². The van der Waals surface area contributed by atoms with Crippen molar-refractivity contribution < 1.29 is 20.2 Å². The molecule has 130 valence electrons. The zero-order chi connectivity index (χ0) is 17.3. The van der Waals surface area contributed by atoms with Crippen LogP contribution in [-0.2, 0) is 12.0 Å². The van der Waals surface area contributed by atoms with E-state index in [0.29, 0.717) is 24.8 Å². The SMILES string of the molecule is C[C@]12CC[C@@]3(O)c4cc([N+](=O)[O-])c(O)cc4CC[C@H]3[C@@H]1CC[C@@H]2O. The minimum absolute atomic E-state index is 0.00467. The molecule has 0 unspecified atom stereocenters. The molecule has 2 saturated carbocycles. The molecule has 24 heavy (non-hydrogen) atoms. The summed E-state index contributed by atoms with van der Waals surface area (Å²) in [5.74, 6) is -0.102. The Bertz CT molecular complexity index is 720. The third-order valence-electron chi connectivity index (χ3n) is 7.09. The first-order valence-electron chi connectivity index (χ1n) is 8.68. The number of nitro benzene ring substituents is 1. The highest BCUT2D eigenvalue weighted by Gasteiger charge is 2.60. The minimum atomic E-state index is -1.10. The largest absolute Gasteiger partial charge is 0.502 e. The predicted molar refractivity (Wildman–Crippen MR) is 86.5 cm³/mol. The number of rotatable bonds is 1. The Kier molecular flexibility index (Phi) is 3.25. The topological polar surface area (TPSA) is 104 Å². The number of fused-ring (bicyclic) bond motifs is 5. The molecular formula is C18H23NO5. The van der Waals surface area contributed by atoms with E-state index in [9.17, 15) is 25.4 Å². The van der Waals surface area contributed by atoms with Gasteiger partial charge >= 0.3 is 5.69 Å². The van der Waals surface area contributed by atoms with Crippen molar-refractivity contribution in [2.75, 3.05) is 0 Å². The van der Waals surface area contributed by atoms with Crippen LogP contribution in [0.25, 0.3) is 0 Å². The molecule has 0 aromatic heterocycles. The lowest BCUT2D eigenvalue weighted by Gasteiger charge is -2.54. The van der Waals surface area contributed by atoms with Crippen molar-refractivity contribution in [3.05, 3.63) is 33.4 Å². The molecule has 0 spiro atoms. The van der Waals surface area contributed by atoms with Crippen molar-refractivity contribution in [3.63, 3.8) is 0 Å². The van der Waals surface area contributed by atoms with E-state index in [1.54, 1.807) is 0 Å². The minimum Gasteiger partial charge on any atom is -0.502 e. The normalized spacial score (nSPS) is 40.5. The maximum absolute atomic E-state index is 11.5. The number of hydrogen-bond donors (Lipinski definition) is 3. The Hall–Kier alpha value is -1.66. The van der Waals surface area contributed by atoms with E-state index in [1.807, 2.05) is 0 Å². The molecule has 4 rings (SSSR count). The van der Waals surface area contributed by atoms with Crippen molar-refractivity contribution in [2.24, 2.45) is 17.3 Å². The maximum atomic E-state index is 11.5. The third-order valence-corrected chi connectivity index (χ3v) is 7.09. The molecule has 3 aliphatic carbocycles. The molecule has 0 saturated heterocycles. The number of aromatic hydroxyl groups is 1. The average Bonchev–Trinajstić information content (AvgIpc) is 2.82. The van der Waals surface area contributed by atoms with E-state index in [4.69, 9.17) is 0 Å². The zero-order valence-corrected chi connectivity index (χ0v) is 13.7. The number of aliphatic hydroxyl groups is 2. The second kappa shape index (κ2) is 4.92. The molecule has 0 aliphatic heterocycles. The van der Waals surface area contributed by atoms with Crippen molar-refractivity contribution in [2.45, 2.75) is 57.2 Å². The number of nitro groups is 1. The van der Waals surface area contributed by atoms with Crippen LogP contribution in [0.1, 0.15) is 50.2 Å². The van der Waals surface area contributed by atoms with Gasteiger partial charge in [0.25, 0.3) is 0 Å². The summed E-state index contributed by atoms with van der Waals surface area (Å²) >= 11 is 0. The fourth-order valence-electron chi connectivity index (χ4n) is 5.70. The van der Waals surface area contributed by atoms with Crippen molar-refractivity contribution in [1.82, 2.24) is 0 Å². The number of nitrogens with zero attached hydrogens (tertiary/aromatic N) is 1. The van der Waals surface area contributed by atoms with Gasteiger partial charge in [-0.05, 0) is 73.0 Å². The first-order valence-corrected chi connectivity index (χ1v) is 8.68. The molecule has 0 heterocycles. The van der Waals surface area contributed by atoms with Gasteiger partial charge in [0.05, 0.1) is 16.6 Å². The van der Waals surface area contributed by atoms with Gasteiger partial charge in [0.1, 0.15) is 0 Å². The molecule has 0 amide bonds. The van der Waals surface area contributed by atoms with Crippen LogP contribution >= 0.6 is 0 Å². The first-order chi connectivity index (χ1) is 11.3. The summed E-state index contributed by atoms with van der Waals surface area (Å²) in [7, 11) is 0. The number of phenols is 1. The smallest absolute Gasteiger partial charge is 0.311 e. The molecule has 0 radical (unpaired) electrons. The Morgan fingerprint density at radius 3 is 2.67 bits per heavy atom. The van der Waals surface area contributed by atoms with Crippen molar-refractivity contribution in [3.8, 4) is 5.75 Å². The van der Waals surface area contributed by atoms with E-state index >= 15 is 0 Å². The fourth-order valence-corrected chi connectivity index (χ4v) is 5.70. The van der Waals surface area contributed by atoms with Gasteiger partial charge in [-0.3, -0.25) is 10.1 Å². The first kappa shape index (κ1) is 15.8. The van der Waals surface area contributed by atoms with E-state index in [0.717, 1.165) is 24.8 Å². The van der Waals surface area contributed by atoms with Crippen molar-refractivity contribution >= 4 is 5.69 Å². The molecule has 1 aromatic rings. The highest BCUT2D eigenvalue weighted by molar-refractivity contribution is 5.54. The second-order valence-corrected chi connectivity index (χ2v) is 8.03. The Morgan fingerprint density at radius 1 is 1.21 bits per heavy atom. The lowest BCUT2D eigenvalue weighted by Crippen LogP contribution is -2.53. The lowest BCUT2D eigenvalue weighted by molar-refractivity contribution is -0.386. The summed E-state index contributed by atoms with van der Waals surface area (Å²) < 4.78 is 0. The molecule has 3 N–H and O–H groups in total. The molecule has 6 heteroatoms. The molecule has 1 aromatic carbocycles. The number of aryl methyl sites for hydroxylation is 1. The maximum Gasteiger partial charge on any atom is 0.311 e. The molecule has 6 nitrogen and oxygen atoms in total. The van der Waals surface area contributed by atoms with Crippen LogP contribution in [0.3, 0.4) is 0 Å². The molecule has 3 aliphatic rings. The average molecular weight is 333 g/mol. The van der Waals surface area contributed by atoms with E-state index in [2.05, 4.69) is 6.92 Å². The summed E-state index contributed by atoms with van der Waals surface area (Å²) in [6.45, 7) is 2.11. The van der Waals surface area contributed by atoms with Gasteiger partial charge in [0.15, 0.2) is 5.75 Å². The second-order valence-electron chi connectivity index (χ2n) is 8.03. The van der Waals surface area contributed by atoms with E-state index in [-0.39, 0.29) is 34.8 Å². The number of aliphatic hydroxyl groups excluding tert-OH is 1. The zero-order valence-electron chi connectivity index (χ0n) is 13.7. The monoisotopic (exact) mass is 333 g/mol. The lowest BCUT2D eigenvalue weighted by atomic mass is 9.53. The highest BCUT2D eigenvalue weighted by atomic mass is 16.6. The fraction of sp³-hybridized carbons (Fsp3) is 0.667. The highest BCUT2D eigenvalue weighted by Crippen LogP contribution is 2.62. The summed E-state index contributed by atoms with van der Waals surface area (Å²) in [4.78, 5) is 10.6. The van der Waals surface area contributed by atoms with Crippen LogP contribution in [0.5, 0.6) is 5.75 Å². The Morgan fingerprint density at radius 2 is 1.96 bits per heavy atom. The Balaban J connectivity index is 1.82. The predicted octanol–water partition coefficient (Wildman–Crippen LogP) is 2.62. The molecule has 2 fully saturated rings. The summed E-state index contributed by atoms with van der Waals surface area (Å²) in [5.41, 5.74) is -0.203. The Labute approximate surface area is 140 Å². The molecular weight excluding hydrogens is 310 g/mol. The van der Waals surface area contributed by atoms with Crippen LogP contribution in [-0.4, -0.2) is 26.3 Å². The van der Waals surface area contributed by atoms with Crippen LogP contribution in [0.4, 0.5) is 5.69 Å². The number of hydrogen-bond acceptors (Lipinski definition) is 5. The van der Waals surface area contributed by atoms with E-state index < -0.39 is 10.5 Å². The van der Waals surface area contributed by atoms with Crippen LogP contribution in [0.15, 0.2) is 12.1 Å². The van der Waals surface area contributed by atoms with Crippen LogP contribution in [0.2, 0.25) is 0 Å². The van der Waals surface area contributed by atoms with Gasteiger partial charge in [-0.2, -0.15) is 0 Å². The summed E-state index contributed by atoms with van der Waals surface area (Å²) in [6, 6.07) is 2.81. The van der Waals surface area contributed by atoms with Crippen molar-refractivity contribution in [1.29, 1.82) is 0 Å². The number of benzene rings is 1. The van der Waals surface area contributed by atoms with Gasteiger partial charge in [0.2, 0.25) is 0 Å². The van der Waals surface area contributed by atoms with Gasteiger partial charge in [-0.1, -0.05) is 6.92 Å². The van der Waals surface area contributed by atoms with Gasteiger partial charge in [-0.25, -0.2) is 0 Å². The standard InChI is InChI=1S/C18H23NO5/c1-17-6-7-18(22)12(11(17)4-5-16(17)21)3-2-10-8-15(20)14(19(23)24)9-13(10)18/h8-9,11-12,16,20-22H,2-7H2,1H3/t11-,12-,16-,17-,18-/m0/s1. The number of phenolic OH excluding ortho intramolecular Hbond substituents is 1. The molecule has 0 bridgehead atoms. The van der Waals surface area contributed by atoms with Crippen LogP contribution in [0, 0.1) is 27.4 Å². The quantitative estimate of drug-likeness (QED) is 0.541. The van der Waals surface area contributed by atoms with Gasteiger partial charge in [-0.15, -0.1) is 0 Å². The summed E-state index contributed by atoms with van der Waals surface area (Å²) in [6.07, 6.45) is 4.00. The van der Waals surface area contributed by atoms with E-state index in [1.165, 1.54) is 12.1 Å². The third kappa shape index (κ3) is 1.90. The van der Waals surface area contributed by atoms with Gasteiger partial charge < -0.3 is 15.3 Å². The van der Waals surface area contributed by atoms with Crippen LogP contribution < -0.4 is 0 Å². The molecule has 5 atom stereocenters.